The number of ether oxygens (including phenoxy) is 1. The highest BCUT2D eigenvalue weighted by molar-refractivity contribution is 5.41. The molecule has 90 valence electrons. The van der Waals surface area contributed by atoms with Crippen LogP contribution in [0.25, 0.3) is 0 Å². The van der Waals surface area contributed by atoms with Gasteiger partial charge in [-0.1, -0.05) is 6.92 Å². The van der Waals surface area contributed by atoms with E-state index in [1.807, 2.05) is 0 Å². The summed E-state index contributed by atoms with van der Waals surface area (Å²) in [6.45, 7) is 8.67. The van der Waals surface area contributed by atoms with Crippen molar-refractivity contribution >= 4 is 0 Å². The Morgan fingerprint density at radius 2 is 1.75 bits per heavy atom. The van der Waals surface area contributed by atoms with Gasteiger partial charge in [0, 0.05) is 0 Å². The van der Waals surface area contributed by atoms with Crippen molar-refractivity contribution in [2.75, 3.05) is 20.2 Å². The van der Waals surface area contributed by atoms with E-state index in [1.165, 1.54) is 23.1 Å². The maximum atomic E-state index is 5.26. The monoisotopic (exact) mass is 221 g/mol. The van der Waals surface area contributed by atoms with Gasteiger partial charge in [0.15, 0.2) is 0 Å². The van der Waals surface area contributed by atoms with Crippen LogP contribution in [-0.4, -0.2) is 20.2 Å². The molecule has 0 unspecified atom stereocenters. The van der Waals surface area contributed by atoms with Crippen LogP contribution in [0.4, 0.5) is 0 Å². The Morgan fingerprint density at radius 3 is 2.25 bits per heavy atom. The van der Waals surface area contributed by atoms with Crippen LogP contribution in [0.1, 0.15) is 30.0 Å². The lowest BCUT2D eigenvalue weighted by molar-refractivity contribution is 0.414. The average Bonchev–Trinajstić information content (AvgIpc) is 2.26. The van der Waals surface area contributed by atoms with E-state index < -0.39 is 0 Å². The van der Waals surface area contributed by atoms with Gasteiger partial charge in [-0.25, -0.2) is 0 Å². The molecule has 1 rings (SSSR count). The van der Waals surface area contributed by atoms with Gasteiger partial charge in [-0.05, 0) is 68.6 Å². The molecular formula is C14H23NO. The van der Waals surface area contributed by atoms with Crippen molar-refractivity contribution in [3.63, 3.8) is 0 Å². The molecule has 0 heterocycles. The van der Waals surface area contributed by atoms with Gasteiger partial charge in [0.1, 0.15) is 5.75 Å². The topological polar surface area (TPSA) is 21.3 Å². The van der Waals surface area contributed by atoms with Crippen molar-refractivity contribution in [1.29, 1.82) is 0 Å². The van der Waals surface area contributed by atoms with E-state index in [1.54, 1.807) is 7.11 Å². The Kier molecular flexibility index (Phi) is 5.33. The number of nitrogens with one attached hydrogen (secondary N) is 1. The minimum absolute atomic E-state index is 0.959. The van der Waals surface area contributed by atoms with Crippen molar-refractivity contribution < 1.29 is 4.74 Å². The summed E-state index contributed by atoms with van der Waals surface area (Å²) in [5.74, 6) is 0.959. The van der Waals surface area contributed by atoms with Crippen molar-refractivity contribution in [2.24, 2.45) is 0 Å². The molecule has 0 aliphatic carbocycles. The number of methoxy groups -OCH3 is 1. The molecule has 16 heavy (non-hydrogen) atoms. The highest BCUT2D eigenvalue weighted by Crippen LogP contribution is 2.21. The van der Waals surface area contributed by atoms with E-state index >= 15 is 0 Å². The lowest BCUT2D eigenvalue weighted by Crippen LogP contribution is -2.18. The van der Waals surface area contributed by atoms with E-state index in [2.05, 4.69) is 38.2 Å². The third-order valence-corrected chi connectivity index (χ3v) is 2.88. The smallest absolute Gasteiger partial charge is 0.119 e. The molecule has 0 aliphatic heterocycles. The summed E-state index contributed by atoms with van der Waals surface area (Å²) < 4.78 is 5.26. The second-order valence-electron chi connectivity index (χ2n) is 4.24. The van der Waals surface area contributed by atoms with Crippen LogP contribution in [0, 0.1) is 13.8 Å². The van der Waals surface area contributed by atoms with Crippen LogP contribution in [0.3, 0.4) is 0 Å². The van der Waals surface area contributed by atoms with Gasteiger partial charge in [0.05, 0.1) is 7.11 Å². The Balaban J connectivity index is 2.65. The summed E-state index contributed by atoms with van der Waals surface area (Å²) in [5.41, 5.74) is 4.11. The second kappa shape index (κ2) is 6.54. The quantitative estimate of drug-likeness (QED) is 0.746. The third-order valence-electron chi connectivity index (χ3n) is 2.88. The highest BCUT2D eigenvalue weighted by Gasteiger charge is 2.04. The first-order valence-electron chi connectivity index (χ1n) is 6.03. The molecule has 2 heteroatoms. The van der Waals surface area contributed by atoms with Crippen LogP contribution in [0.15, 0.2) is 12.1 Å². The van der Waals surface area contributed by atoms with Crippen LogP contribution >= 0.6 is 0 Å². The van der Waals surface area contributed by atoms with E-state index in [0.29, 0.717) is 0 Å². The highest BCUT2D eigenvalue weighted by atomic mass is 16.5. The molecule has 1 aromatic rings. The Labute approximate surface area is 99.0 Å². The van der Waals surface area contributed by atoms with E-state index in [-0.39, 0.29) is 0 Å². The molecule has 0 aliphatic rings. The van der Waals surface area contributed by atoms with Crippen LogP contribution < -0.4 is 10.1 Å². The maximum Gasteiger partial charge on any atom is 0.119 e. The minimum atomic E-state index is 0.959. The molecule has 0 aromatic heterocycles. The van der Waals surface area contributed by atoms with Gasteiger partial charge < -0.3 is 10.1 Å². The summed E-state index contributed by atoms with van der Waals surface area (Å²) in [4.78, 5) is 0. The summed E-state index contributed by atoms with van der Waals surface area (Å²) in [6.07, 6.45) is 2.29. The van der Waals surface area contributed by atoms with Crippen molar-refractivity contribution in [2.45, 2.75) is 33.6 Å². The molecule has 2 nitrogen and oxygen atoms in total. The minimum Gasteiger partial charge on any atom is -0.497 e. The van der Waals surface area contributed by atoms with E-state index in [0.717, 1.165) is 25.3 Å². The van der Waals surface area contributed by atoms with Gasteiger partial charge in [-0.15, -0.1) is 0 Å². The fourth-order valence-corrected chi connectivity index (χ4v) is 1.98. The number of aryl methyl sites for hydroxylation is 2. The second-order valence-corrected chi connectivity index (χ2v) is 4.24. The SMILES string of the molecule is CCCNCCc1c(C)cc(OC)cc1C. The first-order chi connectivity index (χ1) is 7.69. The predicted molar refractivity (Wildman–Crippen MR) is 69.3 cm³/mol. The van der Waals surface area contributed by atoms with E-state index in [9.17, 15) is 0 Å². The van der Waals surface area contributed by atoms with Gasteiger partial charge in [-0.3, -0.25) is 0 Å². The largest absolute Gasteiger partial charge is 0.497 e. The summed E-state index contributed by atoms with van der Waals surface area (Å²) in [5, 5.41) is 3.44. The molecule has 1 aromatic carbocycles. The summed E-state index contributed by atoms with van der Waals surface area (Å²) in [7, 11) is 1.72. The van der Waals surface area contributed by atoms with Crippen LogP contribution in [-0.2, 0) is 6.42 Å². The first kappa shape index (κ1) is 13.0. The molecule has 0 spiro atoms. The molecule has 0 bridgehead atoms. The van der Waals surface area contributed by atoms with Crippen LogP contribution in [0.2, 0.25) is 0 Å². The molecule has 0 amide bonds. The summed E-state index contributed by atoms with van der Waals surface area (Å²) in [6, 6.07) is 4.23. The molecule has 0 fully saturated rings. The number of hydrogen-bond acceptors (Lipinski definition) is 2. The molecule has 1 N–H and O–H groups in total. The Morgan fingerprint density at radius 1 is 1.12 bits per heavy atom. The molecule has 0 atom stereocenters. The Bertz CT molecular complexity index is 311. The average molecular weight is 221 g/mol. The zero-order valence-electron chi connectivity index (χ0n) is 10.9. The van der Waals surface area contributed by atoms with Gasteiger partial charge in [0.25, 0.3) is 0 Å². The molecule has 0 saturated heterocycles. The molecule has 0 radical (unpaired) electrons. The number of rotatable bonds is 6. The summed E-state index contributed by atoms with van der Waals surface area (Å²) >= 11 is 0. The molecular weight excluding hydrogens is 198 g/mol. The fraction of sp³-hybridized carbons (Fsp3) is 0.571. The number of benzene rings is 1. The van der Waals surface area contributed by atoms with Crippen molar-refractivity contribution in [3.05, 3.63) is 28.8 Å². The first-order valence-corrected chi connectivity index (χ1v) is 6.03. The maximum absolute atomic E-state index is 5.26. The standard InChI is InChI=1S/C14H23NO/c1-5-7-15-8-6-14-11(2)9-13(16-4)10-12(14)3/h9-10,15H,5-8H2,1-4H3. The van der Waals surface area contributed by atoms with Crippen LogP contribution in [0.5, 0.6) is 5.75 Å². The lowest BCUT2D eigenvalue weighted by atomic mass is 9.99. The Hall–Kier alpha value is -1.02. The fourth-order valence-electron chi connectivity index (χ4n) is 1.98. The third kappa shape index (κ3) is 3.53. The van der Waals surface area contributed by atoms with Gasteiger partial charge >= 0.3 is 0 Å². The lowest BCUT2D eigenvalue weighted by Gasteiger charge is -2.12. The van der Waals surface area contributed by atoms with Crippen molar-refractivity contribution in [1.82, 2.24) is 5.32 Å². The normalized spacial score (nSPS) is 10.5. The van der Waals surface area contributed by atoms with Gasteiger partial charge in [0.2, 0.25) is 0 Å². The van der Waals surface area contributed by atoms with Gasteiger partial charge in [-0.2, -0.15) is 0 Å². The zero-order chi connectivity index (χ0) is 12.0. The predicted octanol–water partition coefficient (Wildman–Crippen LogP) is 2.85. The number of hydrogen-bond donors (Lipinski definition) is 1. The molecule has 0 saturated carbocycles. The van der Waals surface area contributed by atoms with Crippen molar-refractivity contribution in [3.8, 4) is 5.75 Å². The van der Waals surface area contributed by atoms with E-state index in [4.69, 9.17) is 4.74 Å². The zero-order valence-corrected chi connectivity index (χ0v) is 10.9.